The van der Waals surface area contributed by atoms with Crippen LogP contribution < -0.4 is 4.74 Å². The molecule has 1 fully saturated rings. The lowest BCUT2D eigenvalue weighted by atomic mass is 9.92. The first-order valence-electron chi connectivity index (χ1n) is 10.4. The van der Waals surface area contributed by atoms with Crippen molar-refractivity contribution in [1.82, 2.24) is 9.47 Å². The minimum Gasteiger partial charge on any atom is -0.491 e. The van der Waals surface area contributed by atoms with E-state index in [1.807, 2.05) is 30.3 Å². The van der Waals surface area contributed by atoms with Crippen LogP contribution >= 0.6 is 0 Å². The summed E-state index contributed by atoms with van der Waals surface area (Å²) in [6.07, 6.45) is 4.94. The maximum absolute atomic E-state index is 10.9. The van der Waals surface area contributed by atoms with E-state index in [1.165, 1.54) is 16.5 Å². The minimum absolute atomic E-state index is 0.362. The Hall–Kier alpha value is -2.30. The van der Waals surface area contributed by atoms with E-state index in [0.29, 0.717) is 6.61 Å². The van der Waals surface area contributed by atoms with Crippen molar-refractivity contribution in [2.75, 3.05) is 19.7 Å². The first-order valence-corrected chi connectivity index (χ1v) is 10.4. The second-order valence-electron chi connectivity index (χ2n) is 7.97. The van der Waals surface area contributed by atoms with Gasteiger partial charge in [-0.2, -0.15) is 0 Å². The highest BCUT2D eigenvalue weighted by molar-refractivity contribution is 5.83. The molecule has 0 spiro atoms. The van der Waals surface area contributed by atoms with E-state index < -0.39 is 5.60 Å². The zero-order valence-electron chi connectivity index (χ0n) is 16.7. The van der Waals surface area contributed by atoms with Crippen molar-refractivity contribution in [2.24, 2.45) is 0 Å². The first-order chi connectivity index (χ1) is 13.7. The molecule has 4 nitrogen and oxygen atoms in total. The van der Waals surface area contributed by atoms with Crippen molar-refractivity contribution in [1.29, 1.82) is 0 Å². The molecule has 1 aromatic heterocycles. The lowest BCUT2D eigenvalue weighted by Gasteiger charge is -2.37. The first kappa shape index (κ1) is 19.0. The maximum Gasteiger partial charge on any atom is 0.119 e. The van der Waals surface area contributed by atoms with Crippen LogP contribution in [-0.4, -0.2) is 39.9 Å². The van der Waals surface area contributed by atoms with Gasteiger partial charge in [-0.15, -0.1) is 0 Å². The third kappa shape index (κ3) is 4.23. The van der Waals surface area contributed by atoms with Crippen LogP contribution in [0, 0.1) is 0 Å². The van der Waals surface area contributed by atoms with Gasteiger partial charge in [0.15, 0.2) is 0 Å². The van der Waals surface area contributed by atoms with Gasteiger partial charge in [-0.05, 0) is 43.0 Å². The molecule has 28 heavy (non-hydrogen) atoms. The zero-order chi connectivity index (χ0) is 19.4. The van der Waals surface area contributed by atoms with Gasteiger partial charge in [-0.25, -0.2) is 0 Å². The number of piperidine rings is 1. The van der Waals surface area contributed by atoms with Crippen molar-refractivity contribution in [2.45, 2.75) is 44.9 Å². The van der Waals surface area contributed by atoms with E-state index in [2.05, 4.69) is 46.9 Å². The van der Waals surface area contributed by atoms with Gasteiger partial charge in [0.2, 0.25) is 0 Å². The van der Waals surface area contributed by atoms with Crippen LogP contribution in [-0.2, 0) is 13.1 Å². The van der Waals surface area contributed by atoms with Crippen molar-refractivity contribution >= 4 is 10.9 Å². The number of benzene rings is 2. The summed E-state index contributed by atoms with van der Waals surface area (Å²) in [6.45, 7) is 6.35. The number of aromatic nitrogens is 1. The number of rotatable bonds is 7. The molecular weight excluding hydrogens is 348 g/mol. The second-order valence-corrected chi connectivity index (χ2v) is 7.97. The van der Waals surface area contributed by atoms with E-state index in [4.69, 9.17) is 4.74 Å². The molecule has 2 heterocycles. The maximum atomic E-state index is 10.9. The highest BCUT2D eigenvalue weighted by Gasteiger charge is 2.33. The van der Waals surface area contributed by atoms with Gasteiger partial charge in [-0.3, -0.25) is 4.90 Å². The number of aliphatic hydroxyl groups is 1. The third-order valence-electron chi connectivity index (χ3n) is 5.77. The third-order valence-corrected chi connectivity index (χ3v) is 5.77. The molecule has 0 atom stereocenters. The predicted molar refractivity (Wildman–Crippen MR) is 114 cm³/mol. The molecule has 2 aromatic carbocycles. The van der Waals surface area contributed by atoms with E-state index in [9.17, 15) is 5.11 Å². The van der Waals surface area contributed by atoms with Crippen molar-refractivity contribution in [3.63, 3.8) is 0 Å². The van der Waals surface area contributed by atoms with Gasteiger partial charge in [0, 0.05) is 43.3 Å². The monoisotopic (exact) mass is 378 g/mol. The van der Waals surface area contributed by atoms with Crippen LogP contribution in [0.25, 0.3) is 10.9 Å². The lowest BCUT2D eigenvalue weighted by Crippen LogP contribution is -2.47. The van der Waals surface area contributed by atoms with E-state index in [-0.39, 0.29) is 0 Å². The van der Waals surface area contributed by atoms with Crippen LogP contribution in [0.15, 0.2) is 60.8 Å². The van der Waals surface area contributed by atoms with E-state index in [0.717, 1.165) is 51.2 Å². The standard InChI is InChI=1S/C24H30N2O2/c1-2-14-26-18-20(22-10-6-7-11-23(22)26)17-25-15-12-24(27,13-16-25)19-28-21-8-4-3-5-9-21/h3-11,18,27H,2,12-17,19H2,1H3. The van der Waals surface area contributed by atoms with Gasteiger partial charge in [0.1, 0.15) is 18.0 Å². The molecule has 1 saturated heterocycles. The Labute approximate surface area is 167 Å². The SMILES string of the molecule is CCCn1cc(CN2CCC(O)(COc3ccccc3)CC2)c2ccccc21. The molecule has 0 saturated carbocycles. The Morgan fingerprint density at radius 3 is 2.46 bits per heavy atom. The molecule has 4 rings (SSSR count). The molecular formula is C24H30N2O2. The van der Waals surface area contributed by atoms with Crippen LogP contribution in [0.3, 0.4) is 0 Å². The number of para-hydroxylation sites is 2. The Balaban J connectivity index is 1.37. The Kier molecular flexibility index (Phi) is 5.69. The van der Waals surface area contributed by atoms with Gasteiger partial charge in [-0.1, -0.05) is 43.3 Å². The van der Waals surface area contributed by atoms with Crippen LogP contribution in [0.5, 0.6) is 5.75 Å². The molecule has 4 heteroatoms. The molecule has 0 radical (unpaired) electrons. The predicted octanol–water partition coefficient (Wildman–Crippen LogP) is 4.46. The molecule has 0 unspecified atom stereocenters. The number of hydrogen-bond acceptors (Lipinski definition) is 3. The van der Waals surface area contributed by atoms with Gasteiger partial charge < -0.3 is 14.4 Å². The molecule has 1 aliphatic rings. The van der Waals surface area contributed by atoms with Gasteiger partial charge in [0.05, 0.1) is 0 Å². The Bertz CT molecular complexity index is 895. The number of hydrogen-bond donors (Lipinski definition) is 1. The van der Waals surface area contributed by atoms with Crippen molar-refractivity contribution in [3.8, 4) is 5.75 Å². The summed E-state index contributed by atoms with van der Waals surface area (Å²) in [5.74, 6) is 0.821. The molecule has 1 N–H and O–H groups in total. The molecule has 0 aliphatic carbocycles. The summed E-state index contributed by atoms with van der Waals surface area (Å²) < 4.78 is 8.19. The fourth-order valence-corrected chi connectivity index (χ4v) is 4.12. The summed E-state index contributed by atoms with van der Waals surface area (Å²) in [6, 6.07) is 18.4. The number of fused-ring (bicyclic) bond motifs is 1. The Morgan fingerprint density at radius 2 is 1.71 bits per heavy atom. The fourth-order valence-electron chi connectivity index (χ4n) is 4.12. The molecule has 0 bridgehead atoms. The lowest BCUT2D eigenvalue weighted by molar-refractivity contribution is -0.0536. The Morgan fingerprint density at radius 1 is 1.00 bits per heavy atom. The summed E-state index contributed by atoms with van der Waals surface area (Å²) in [5.41, 5.74) is 1.97. The minimum atomic E-state index is -0.734. The number of nitrogens with zero attached hydrogens (tertiary/aromatic N) is 2. The van der Waals surface area contributed by atoms with Gasteiger partial charge >= 0.3 is 0 Å². The molecule has 3 aromatic rings. The summed E-state index contributed by atoms with van der Waals surface area (Å²) in [7, 11) is 0. The average molecular weight is 379 g/mol. The molecule has 148 valence electrons. The summed E-state index contributed by atoms with van der Waals surface area (Å²) >= 11 is 0. The number of ether oxygens (including phenoxy) is 1. The van der Waals surface area contributed by atoms with Crippen molar-refractivity contribution in [3.05, 3.63) is 66.4 Å². The van der Waals surface area contributed by atoms with Crippen LogP contribution in [0.2, 0.25) is 0 Å². The second kappa shape index (κ2) is 8.38. The fraction of sp³-hybridized carbons (Fsp3) is 0.417. The van der Waals surface area contributed by atoms with Crippen LogP contribution in [0.1, 0.15) is 31.7 Å². The highest BCUT2D eigenvalue weighted by Crippen LogP contribution is 2.27. The molecule has 0 amide bonds. The van der Waals surface area contributed by atoms with Gasteiger partial charge in [0.25, 0.3) is 0 Å². The van der Waals surface area contributed by atoms with E-state index in [1.54, 1.807) is 0 Å². The number of likely N-dealkylation sites (tertiary alicyclic amines) is 1. The quantitative estimate of drug-likeness (QED) is 0.660. The highest BCUT2D eigenvalue weighted by atomic mass is 16.5. The largest absolute Gasteiger partial charge is 0.491 e. The smallest absolute Gasteiger partial charge is 0.119 e. The van der Waals surface area contributed by atoms with E-state index >= 15 is 0 Å². The topological polar surface area (TPSA) is 37.6 Å². The summed E-state index contributed by atoms with van der Waals surface area (Å²) in [5, 5.41) is 12.3. The summed E-state index contributed by atoms with van der Waals surface area (Å²) in [4.78, 5) is 2.45. The van der Waals surface area contributed by atoms with Crippen molar-refractivity contribution < 1.29 is 9.84 Å². The zero-order valence-corrected chi connectivity index (χ0v) is 16.7. The molecule has 1 aliphatic heterocycles. The number of aryl methyl sites for hydroxylation is 1. The average Bonchev–Trinajstić information content (AvgIpc) is 3.07. The van der Waals surface area contributed by atoms with Crippen LogP contribution in [0.4, 0.5) is 0 Å². The normalized spacial score (nSPS) is 17.1.